The lowest BCUT2D eigenvalue weighted by Gasteiger charge is -2.17. The Balaban J connectivity index is 1.75. The summed E-state index contributed by atoms with van der Waals surface area (Å²) in [6, 6.07) is 9.36. The van der Waals surface area contributed by atoms with Crippen LogP contribution in [0.2, 0.25) is 0 Å². The third-order valence-electron chi connectivity index (χ3n) is 3.90. The number of aromatic carboxylic acids is 1. The second kappa shape index (κ2) is 5.31. The summed E-state index contributed by atoms with van der Waals surface area (Å²) >= 11 is 0. The average Bonchev–Trinajstić information content (AvgIpc) is 2.97. The number of aryl methyl sites for hydroxylation is 1. The van der Waals surface area contributed by atoms with E-state index in [1.54, 1.807) is 17.8 Å². The van der Waals surface area contributed by atoms with Crippen molar-refractivity contribution in [3.63, 3.8) is 0 Å². The van der Waals surface area contributed by atoms with Gasteiger partial charge in [0.05, 0.1) is 17.8 Å². The predicted molar refractivity (Wildman–Crippen MR) is 75.9 cm³/mol. The van der Waals surface area contributed by atoms with Gasteiger partial charge in [-0.1, -0.05) is 24.3 Å². The molecule has 110 valence electrons. The Morgan fingerprint density at radius 2 is 2.24 bits per heavy atom. The first-order valence-electron chi connectivity index (χ1n) is 6.81. The SMILES string of the molecule is Cn1nc(C(=O)O)cc1CN[C@H]1c2ccccc2C[C@@H]1O. The highest BCUT2D eigenvalue weighted by atomic mass is 16.4. The Kier molecular flexibility index (Phi) is 3.48. The monoisotopic (exact) mass is 287 g/mol. The Labute approximate surface area is 122 Å². The highest BCUT2D eigenvalue weighted by Crippen LogP contribution is 2.31. The molecule has 0 saturated carbocycles. The van der Waals surface area contributed by atoms with Crippen LogP contribution in [0.25, 0.3) is 0 Å². The van der Waals surface area contributed by atoms with Gasteiger partial charge >= 0.3 is 5.97 Å². The molecule has 1 heterocycles. The summed E-state index contributed by atoms with van der Waals surface area (Å²) in [4.78, 5) is 10.9. The van der Waals surface area contributed by atoms with Gasteiger partial charge < -0.3 is 15.5 Å². The summed E-state index contributed by atoms with van der Waals surface area (Å²) in [7, 11) is 1.71. The molecular formula is C15H17N3O3. The van der Waals surface area contributed by atoms with E-state index in [0.29, 0.717) is 13.0 Å². The number of rotatable bonds is 4. The number of carboxylic acids is 1. The van der Waals surface area contributed by atoms with E-state index in [4.69, 9.17) is 5.11 Å². The lowest BCUT2D eigenvalue weighted by molar-refractivity contribution is 0.0689. The van der Waals surface area contributed by atoms with Crippen LogP contribution >= 0.6 is 0 Å². The molecule has 0 unspecified atom stereocenters. The maximum absolute atomic E-state index is 10.9. The molecule has 1 aliphatic carbocycles. The van der Waals surface area contributed by atoms with E-state index < -0.39 is 12.1 Å². The Bertz CT molecular complexity index is 681. The number of aromatic nitrogens is 2. The zero-order valence-electron chi connectivity index (χ0n) is 11.7. The largest absolute Gasteiger partial charge is 0.476 e. The molecule has 0 aliphatic heterocycles. The minimum absolute atomic E-state index is 0.0293. The molecule has 1 aromatic carbocycles. The van der Waals surface area contributed by atoms with Gasteiger partial charge in [-0.15, -0.1) is 0 Å². The summed E-state index contributed by atoms with van der Waals surface area (Å²) in [5.41, 5.74) is 3.05. The van der Waals surface area contributed by atoms with E-state index in [2.05, 4.69) is 10.4 Å². The molecule has 3 rings (SSSR count). The quantitative estimate of drug-likeness (QED) is 0.776. The molecule has 6 nitrogen and oxygen atoms in total. The molecule has 1 aromatic heterocycles. The van der Waals surface area contributed by atoms with E-state index in [1.807, 2.05) is 24.3 Å². The fourth-order valence-electron chi connectivity index (χ4n) is 2.81. The van der Waals surface area contributed by atoms with Gasteiger partial charge in [0.2, 0.25) is 0 Å². The summed E-state index contributed by atoms with van der Waals surface area (Å²) in [5, 5.41) is 26.3. The van der Waals surface area contributed by atoms with Crippen molar-refractivity contribution in [2.45, 2.75) is 25.1 Å². The topological polar surface area (TPSA) is 87.4 Å². The second-order valence-electron chi connectivity index (χ2n) is 5.28. The van der Waals surface area contributed by atoms with Crippen molar-refractivity contribution in [2.75, 3.05) is 0 Å². The number of fused-ring (bicyclic) bond motifs is 1. The second-order valence-corrected chi connectivity index (χ2v) is 5.28. The lowest BCUT2D eigenvalue weighted by Crippen LogP contribution is -2.29. The first kappa shape index (κ1) is 13.8. The molecule has 2 atom stereocenters. The molecule has 0 saturated heterocycles. The molecule has 3 N–H and O–H groups in total. The molecule has 2 aromatic rings. The van der Waals surface area contributed by atoms with Crippen LogP contribution in [0.3, 0.4) is 0 Å². The number of carbonyl (C=O) groups is 1. The van der Waals surface area contributed by atoms with Gasteiger partial charge in [0, 0.05) is 20.0 Å². The van der Waals surface area contributed by atoms with Crippen molar-refractivity contribution in [3.8, 4) is 0 Å². The van der Waals surface area contributed by atoms with E-state index in [9.17, 15) is 9.90 Å². The number of benzene rings is 1. The van der Waals surface area contributed by atoms with Crippen LogP contribution in [-0.2, 0) is 20.0 Å². The molecule has 1 aliphatic rings. The van der Waals surface area contributed by atoms with Gasteiger partial charge in [-0.2, -0.15) is 5.10 Å². The molecule has 0 spiro atoms. The van der Waals surface area contributed by atoms with Crippen LogP contribution in [0.4, 0.5) is 0 Å². The number of hydrogen-bond donors (Lipinski definition) is 3. The molecule has 0 bridgehead atoms. The van der Waals surface area contributed by atoms with Crippen LogP contribution in [0.5, 0.6) is 0 Å². The van der Waals surface area contributed by atoms with Gasteiger partial charge in [0.15, 0.2) is 5.69 Å². The van der Waals surface area contributed by atoms with E-state index >= 15 is 0 Å². The average molecular weight is 287 g/mol. The number of aliphatic hydroxyl groups excluding tert-OH is 1. The van der Waals surface area contributed by atoms with Gasteiger partial charge in [-0.3, -0.25) is 4.68 Å². The summed E-state index contributed by atoms with van der Waals surface area (Å²) < 4.78 is 1.55. The van der Waals surface area contributed by atoms with Crippen LogP contribution in [-0.4, -0.2) is 32.1 Å². The van der Waals surface area contributed by atoms with Gasteiger partial charge in [0.25, 0.3) is 0 Å². The Hall–Kier alpha value is -2.18. The lowest BCUT2D eigenvalue weighted by atomic mass is 10.1. The molecular weight excluding hydrogens is 270 g/mol. The number of aliphatic hydroxyl groups is 1. The van der Waals surface area contributed by atoms with Gasteiger partial charge in [-0.05, 0) is 17.2 Å². The third kappa shape index (κ3) is 2.55. The minimum atomic E-state index is -1.04. The molecule has 21 heavy (non-hydrogen) atoms. The predicted octanol–water partition coefficient (Wildman–Crippen LogP) is 0.866. The first-order chi connectivity index (χ1) is 10.1. The van der Waals surface area contributed by atoms with Crippen LogP contribution in [0.1, 0.15) is 33.4 Å². The molecule has 0 amide bonds. The van der Waals surface area contributed by atoms with Crippen molar-refractivity contribution in [3.05, 3.63) is 52.8 Å². The maximum Gasteiger partial charge on any atom is 0.356 e. The van der Waals surface area contributed by atoms with Crippen molar-refractivity contribution in [1.29, 1.82) is 0 Å². The molecule has 6 heteroatoms. The highest BCUT2D eigenvalue weighted by molar-refractivity contribution is 5.85. The first-order valence-corrected chi connectivity index (χ1v) is 6.81. The molecule has 0 fully saturated rings. The fourth-order valence-corrected chi connectivity index (χ4v) is 2.81. The summed E-state index contributed by atoms with van der Waals surface area (Å²) in [6.07, 6.45) is 0.175. The minimum Gasteiger partial charge on any atom is -0.476 e. The fraction of sp³-hybridized carbons (Fsp3) is 0.333. The maximum atomic E-state index is 10.9. The number of carboxylic acid groups (broad SMARTS) is 1. The van der Waals surface area contributed by atoms with Crippen molar-refractivity contribution < 1.29 is 15.0 Å². The van der Waals surface area contributed by atoms with Crippen LogP contribution < -0.4 is 5.32 Å². The van der Waals surface area contributed by atoms with Gasteiger partial charge in [-0.25, -0.2) is 4.79 Å². The zero-order valence-corrected chi connectivity index (χ0v) is 11.7. The van der Waals surface area contributed by atoms with Crippen molar-refractivity contribution in [2.24, 2.45) is 7.05 Å². The Morgan fingerprint density at radius 1 is 1.48 bits per heavy atom. The van der Waals surface area contributed by atoms with E-state index in [1.165, 1.54) is 0 Å². The van der Waals surface area contributed by atoms with E-state index in [0.717, 1.165) is 16.8 Å². The highest BCUT2D eigenvalue weighted by Gasteiger charge is 2.30. The number of nitrogens with one attached hydrogen (secondary N) is 1. The third-order valence-corrected chi connectivity index (χ3v) is 3.90. The normalized spacial score (nSPS) is 20.5. The van der Waals surface area contributed by atoms with E-state index in [-0.39, 0.29) is 11.7 Å². The standard InChI is InChI=1S/C15H17N3O3/c1-18-10(7-12(17-18)15(20)21)8-16-14-11-5-3-2-4-9(11)6-13(14)19/h2-5,7,13-14,16,19H,6,8H2,1H3,(H,20,21)/t13-,14-/m0/s1. The Morgan fingerprint density at radius 3 is 2.95 bits per heavy atom. The smallest absolute Gasteiger partial charge is 0.356 e. The van der Waals surface area contributed by atoms with Crippen LogP contribution in [0, 0.1) is 0 Å². The van der Waals surface area contributed by atoms with Crippen molar-refractivity contribution in [1.82, 2.24) is 15.1 Å². The van der Waals surface area contributed by atoms with Crippen LogP contribution in [0.15, 0.2) is 30.3 Å². The van der Waals surface area contributed by atoms with Crippen molar-refractivity contribution >= 4 is 5.97 Å². The zero-order chi connectivity index (χ0) is 15.0. The van der Waals surface area contributed by atoms with Gasteiger partial charge in [0.1, 0.15) is 0 Å². The number of hydrogen-bond acceptors (Lipinski definition) is 4. The molecule has 0 radical (unpaired) electrons. The summed E-state index contributed by atoms with van der Waals surface area (Å²) in [6.45, 7) is 0.451. The summed E-state index contributed by atoms with van der Waals surface area (Å²) in [5.74, 6) is -1.04. The number of nitrogens with zero attached hydrogens (tertiary/aromatic N) is 2.